The highest BCUT2D eigenvalue weighted by Crippen LogP contribution is 2.08. The number of aromatic nitrogens is 4. The first-order chi connectivity index (χ1) is 10.6. The summed E-state index contributed by atoms with van der Waals surface area (Å²) in [7, 11) is 3.05. The molecule has 0 aliphatic rings. The Bertz CT molecular complexity index is 921. The molecule has 114 valence electrons. The van der Waals surface area contributed by atoms with Gasteiger partial charge in [-0.1, -0.05) is 30.3 Å². The van der Waals surface area contributed by atoms with Crippen molar-refractivity contribution in [1.82, 2.24) is 19.1 Å². The Kier molecular flexibility index (Phi) is 3.54. The van der Waals surface area contributed by atoms with Crippen molar-refractivity contribution >= 4 is 17.1 Å². The van der Waals surface area contributed by atoms with Crippen molar-refractivity contribution in [2.24, 2.45) is 14.1 Å². The normalized spacial score (nSPS) is 11.0. The van der Waals surface area contributed by atoms with Gasteiger partial charge in [-0.25, -0.2) is 4.79 Å². The molecule has 0 aliphatic heterocycles. The summed E-state index contributed by atoms with van der Waals surface area (Å²) in [4.78, 5) is 31.2. The second-order valence-corrected chi connectivity index (χ2v) is 5.15. The van der Waals surface area contributed by atoms with Crippen LogP contribution in [0.25, 0.3) is 11.2 Å². The van der Waals surface area contributed by atoms with Gasteiger partial charge in [0.2, 0.25) is 5.95 Å². The Morgan fingerprint density at radius 2 is 1.86 bits per heavy atom. The van der Waals surface area contributed by atoms with Gasteiger partial charge in [0, 0.05) is 20.6 Å². The molecule has 0 radical (unpaired) electrons. The van der Waals surface area contributed by atoms with Crippen molar-refractivity contribution in [3.05, 3.63) is 56.7 Å². The maximum atomic E-state index is 12.1. The molecule has 2 N–H and O–H groups in total. The van der Waals surface area contributed by atoms with Crippen LogP contribution in [0, 0.1) is 0 Å². The minimum atomic E-state index is -0.389. The highest BCUT2D eigenvalue weighted by atomic mass is 16.2. The van der Waals surface area contributed by atoms with E-state index < -0.39 is 0 Å². The van der Waals surface area contributed by atoms with E-state index in [1.807, 2.05) is 18.2 Å². The quantitative estimate of drug-likeness (QED) is 0.739. The Morgan fingerprint density at radius 3 is 2.59 bits per heavy atom. The van der Waals surface area contributed by atoms with E-state index in [1.165, 1.54) is 17.2 Å². The first-order valence-electron chi connectivity index (χ1n) is 7.01. The predicted octanol–water partition coefficient (Wildman–Crippen LogP) is 0.615. The third-order valence-corrected chi connectivity index (χ3v) is 3.64. The monoisotopic (exact) mass is 299 g/mol. The number of anilines is 1. The molecule has 0 aliphatic carbocycles. The summed E-state index contributed by atoms with van der Waals surface area (Å²) < 4.78 is 2.42. The van der Waals surface area contributed by atoms with Crippen LogP contribution in [0.2, 0.25) is 0 Å². The number of nitrogens with zero attached hydrogens (tertiary/aromatic N) is 3. The molecule has 0 amide bonds. The highest BCUT2D eigenvalue weighted by Gasteiger charge is 2.12. The number of aryl methyl sites for hydroxylation is 1. The number of hydrogen-bond acceptors (Lipinski definition) is 4. The van der Waals surface area contributed by atoms with Gasteiger partial charge in [-0.2, -0.15) is 4.98 Å². The lowest BCUT2D eigenvalue weighted by Crippen LogP contribution is -2.36. The Hall–Kier alpha value is -2.83. The molecule has 0 saturated carbocycles. The standard InChI is InChI=1S/C15H17N5O2/c1-19-12-11(13(21)20(2)15(19)22)17-14(18-12)16-9-8-10-6-4-3-5-7-10/h3-7H,8-9H2,1-2H3,(H2,16,17,18). The zero-order valence-electron chi connectivity index (χ0n) is 12.5. The van der Waals surface area contributed by atoms with Gasteiger partial charge in [0.05, 0.1) is 0 Å². The molecular formula is C15H17N5O2. The summed E-state index contributed by atoms with van der Waals surface area (Å²) in [5, 5.41) is 3.15. The molecule has 0 saturated heterocycles. The maximum Gasteiger partial charge on any atom is 0.332 e. The van der Waals surface area contributed by atoms with Crippen LogP contribution in [-0.2, 0) is 20.5 Å². The van der Waals surface area contributed by atoms with Crippen molar-refractivity contribution in [3.63, 3.8) is 0 Å². The number of H-pyrrole nitrogens is 1. The van der Waals surface area contributed by atoms with Gasteiger partial charge >= 0.3 is 5.69 Å². The molecule has 0 unspecified atom stereocenters. The van der Waals surface area contributed by atoms with Crippen LogP contribution in [0.15, 0.2) is 39.9 Å². The summed E-state index contributed by atoms with van der Waals surface area (Å²) in [5.74, 6) is 0.490. The van der Waals surface area contributed by atoms with E-state index in [2.05, 4.69) is 27.4 Å². The lowest BCUT2D eigenvalue weighted by Gasteiger charge is -2.02. The zero-order chi connectivity index (χ0) is 15.7. The van der Waals surface area contributed by atoms with Crippen LogP contribution in [-0.4, -0.2) is 25.6 Å². The molecule has 3 aromatic rings. The second-order valence-electron chi connectivity index (χ2n) is 5.15. The molecule has 3 rings (SSSR count). The van der Waals surface area contributed by atoms with Gasteiger partial charge in [-0.3, -0.25) is 13.9 Å². The van der Waals surface area contributed by atoms with E-state index in [9.17, 15) is 9.59 Å². The van der Waals surface area contributed by atoms with E-state index >= 15 is 0 Å². The molecule has 0 bridgehead atoms. The van der Waals surface area contributed by atoms with Crippen molar-refractivity contribution in [2.45, 2.75) is 6.42 Å². The van der Waals surface area contributed by atoms with Crippen LogP contribution in [0.4, 0.5) is 5.95 Å². The summed E-state index contributed by atoms with van der Waals surface area (Å²) >= 11 is 0. The van der Waals surface area contributed by atoms with Crippen molar-refractivity contribution < 1.29 is 0 Å². The number of benzene rings is 1. The van der Waals surface area contributed by atoms with Crippen molar-refractivity contribution in [3.8, 4) is 0 Å². The molecule has 0 fully saturated rings. The van der Waals surface area contributed by atoms with E-state index in [4.69, 9.17) is 0 Å². The third kappa shape index (κ3) is 2.41. The molecule has 2 heterocycles. The molecule has 1 aromatic carbocycles. The minimum Gasteiger partial charge on any atom is -0.355 e. The SMILES string of the molecule is Cn1c(=O)c2[nH]c(NCCc3ccccc3)nc2n(C)c1=O. The molecule has 22 heavy (non-hydrogen) atoms. The Morgan fingerprint density at radius 1 is 1.14 bits per heavy atom. The van der Waals surface area contributed by atoms with Crippen LogP contribution in [0.1, 0.15) is 5.56 Å². The Balaban J connectivity index is 1.84. The zero-order valence-corrected chi connectivity index (χ0v) is 12.5. The van der Waals surface area contributed by atoms with E-state index in [1.54, 1.807) is 7.05 Å². The van der Waals surface area contributed by atoms with Crippen molar-refractivity contribution in [1.29, 1.82) is 0 Å². The average molecular weight is 299 g/mol. The fraction of sp³-hybridized carbons (Fsp3) is 0.267. The molecule has 0 spiro atoms. The van der Waals surface area contributed by atoms with Gasteiger partial charge in [0.25, 0.3) is 5.56 Å². The Labute approximate surface area is 126 Å². The van der Waals surface area contributed by atoms with Crippen molar-refractivity contribution in [2.75, 3.05) is 11.9 Å². The fourth-order valence-corrected chi connectivity index (χ4v) is 2.38. The molecule has 7 heteroatoms. The lowest BCUT2D eigenvalue weighted by molar-refractivity contribution is 0.709. The van der Waals surface area contributed by atoms with Crippen LogP contribution >= 0.6 is 0 Å². The molecule has 2 aromatic heterocycles. The number of nitrogens with one attached hydrogen (secondary N) is 2. The van der Waals surface area contributed by atoms with Gasteiger partial charge in [-0.05, 0) is 12.0 Å². The number of fused-ring (bicyclic) bond motifs is 1. The number of hydrogen-bond donors (Lipinski definition) is 2. The first kappa shape index (κ1) is 14.1. The second kappa shape index (κ2) is 5.51. The molecular weight excluding hydrogens is 282 g/mol. The average Bonchev–Trinajstić information content (AvgIpc) is 2.96. The summed E-state index contributed by atoms with van der Waals surface area (Å²) in [5.41, 5.74) is 1.14. The highest BCUT2D eigenvalue weighted by molar-refractivity contribution is 5.72. The van der Waals surface area contributed by atoms with E-state index in [-0.39, 0.29) is 11.2 Å². The van der Waals surface area contributed by atoms with E-state index in [0.29, 0.717) is 23.7 Å². The predicted molar refractivity (Wildman–Crippen MR) is 85.2 cm³/mol. The molecule has 0 atom stereocenters. The van der Waals surface area contributed by atoms with Crippen LogP contribution in [0.5, 0.6) is 0 Å². The fourth-order valence-electron chi connectivity index (χ4n) is 2.38. The van der Waals surface area contributed by atoms with Crippen LogP contribution in [0.3, 0.4) is 0 Å². The number of imidazole rings is 1. The number of aromatic amines is 1. The summed E-state index contributed by atoms with van der Waals surface area (Å²) in [6, 6.07) is 10.1. The van der Waals surface area contributed by atoms with E-state index in [0.717, 1.165) is 11.0 Å². The smallest absolute Gasteiger partial charge is 0.332 e. The largest absolute Gasteiger partial charge is 0.355 e. The van der Waals surface area contributed by atoms with Gasteiger partial charge in [-0.15, -0.1) is 0 Å². The lowest BCUT2D eigenvalue weighted by atomic mass is 10.1. The summed E-state index contributed by atoms with van der Waals surface area (Å²) in [6.45, 7) is 0.679. The maximum absolute atomic E-state index is 12.1. The summed E-state index contributed by atoms with van der Waals surface area (Å²) in [6.07, 6.45) is 0.842. The third-order valence-electron chi connectivity index (χ3n) is 3.64. The van der Waals surface area contributed by atoms with Gasteiger partial charge in [0.15, 0.2) is 11.2 Å². The number of rotatable bonds is 4. The van der Waals surface area contributed by atoms with Crippen LogP contribution < -0.4 is 16.6 Å². The topological polar surface area (TPSA) is 84.7 Å². The van der Waals surface area contributed by atoms with Gasteiger partial charge in [0.1, 0.15) is 0 Å². The molecule has 7 nitrogen and oxygen atoms in total. The van der Waals surface area contributed by atoms with Gasteiger partial charge < -0.3 is 10.3 Å². The first-order valence-corrected chi connectivity index (χ1v) is 7.01. The minimum absolute atomic E-state index is 0.326.